The van der Waals surface area contributed by atoms with Gasteiger partial charge in [-0.15, -0.1) is 18.2 Å². The minimum atomic E-state index is -1.36. The van der Waals surface area contributed by atoms with Crippen LogP contribution in [0.3, 0.4) is 0 Å². The Balaban J connectivity index is 2.42. The SMILES string of the molecule is C#CC(OC(C)=O)C1=C(C(=O)O)N2C(=O)[C@H](N=[N+]=[N-])[C@H]2SC1. The average Bonchev–Trinajstić information content (AvgIpc) is 2.48. The zero-order valence-corrected chi connectivity index (χ0v) is 12.1. The minimum Gasteiger partial charge on any atom is -0.477 e. The van der Waals surface area contributed by atoms with Gasteiger partial charge in [0.25, 0.3) is 0 Å². The predicted octanol–water partition coefficient (Wildman–Crippen LogP) is 0.484. The van der Waals surface area contributed by atoms with Crippen molar-refractivity contribution in [3.05, 3.63) is 21.7 Å². The maximum atomic E-state index is 12.0. The molecule has 1 N–H and O–H groups in total. The van der Waals surface area contributed by atoms with Crippen LogP contribution in [0.2, 0.25) is 0 Å². The van der Waals surface area contributed by atoms with Crippen molar-refractivity contribution in [3.63, 3.8) is 0 Å². The highest BCUT2D eigenvalue weighted by atomic mass is 32.2. The Bertz CT molecular complexity index is 675. The van der Waals surface area contributed by atoms with Gasteiger partial charge in [0.05, 0.1) is 0 Å². The van der Waals surface area contributed by atoms with E-state index in [1.807, 2.05) is 0 Å². The second-order valence-electron chi connectivity index (χ2n) is 4.39. The zero-order valence-electron chi connectivity index (χ0n) is 11.3. The first kappa shape index (κ1) is 15.8. The molecular weight excluding hydrogens is 312 g/mol. The van der Waals surface area contributed by atoms with Gasteiger partial charge in [0.2, 0.25) is 5.91 Å². The van der Waals surface area contributed by atoms with Gasteiger partial charge in [-0.25, -0.2) is 4.79 Å². The number of azide groups is 1. The molecule has 3 atom stereocenters. The van der Waals surface area contributed by atoms with Crippen LogP contribution in [0.1, 0.15) is 6.92 Å². The molecule has 1 amide bonds. The lowest BCUT2D eigenvalue weighted by Crippen LogP contribution is -2.64. The molecule has 0 spiro atoms. The van der Waals surface area contributed by atoms with Crippen LogP contribution in [0.4, 0.5) is 0 Å². The number of β-lactam (4-membered cyclic amide) rings is 1. The van der Waals surface area contributed by atoms with Crippen LogP contribution >= 0.6 is 11.8 Å². The van der Waals surface area contributed by atoms with Gasteiger partial charge in [0.1, 0.15) is 17.1 Å². The van der Waals surface area contributed by atoms with E-state index in [1.54, 1.807) is 0 Å². The molecule has 0 aromatic carbocycles. The number of amides is 1. The largest absolute Gasteiger partial charge is 0.477 e. The smallest absolute Gasteiger partial charge is 0.352 e. The number of ether oxygens (including phenoxy) is 1. The Labute approximate surface area is 128 Å². The van der Waals surface area contributed by atoms with E-state index in [0.29, 0.717) is 0 Å². The van der Waals surface area contributed by atoms with Crippen molar-refractivity contribution in [1.29, 1.82) is 0 Å². The van der Waals surface area contributed by atoms with Crippen LogP contribution in [0, 0.1) is 12.3 Å². The fourth-order valence-electron chi connectivity index (χ4n) is 2.22. The summed E-state index contributed by atoms with van der Waals surface area (Å²) >= 11 is 1.20. The monoisotopic (exact) mass is 322 g/mol. The molecule has 9 nitrogen and oxygen atoms in total. The summed E-state index contributed by atoms with van der Waals surface area (Å²) in [7, 11) is 0. The number of carbonyl (C=O) groups is 3. The Morgan fingerprint density at radius 2 is 2.36 bits per heavy atom. The number of thioether (sulfide) groups is 1. The maximum Gasteiger partial charge on any atom is 0.352 e. The van der Waals surface area contributed by atoms with E-state index < -0.39 is 35.4 Å². The summed E-state index contributed by atoms with van der Waals surface area (Å²) in [5.74, 6) is -0.291. The second-order valence-corrected chi connectivity index (χ2v) is 5.50. The van der Waals surface area contributed by atoms with Crippen molar-refractivity contribution in [2.75, 3.05) is 5.75 Å². The van der Waals surface area contributed by atoms with E-state index >= 15 is 0 Å². The molecule has 2 rings (SSSR count). The number of esters is 1. The van der Waals surface area contributed by atoms with E-state index in [2.05, 4.69) is 15.9 Å². The average molecular weight is 322 g/mol. The number of rotatable bonds is 4. The van der Waals surface area contributed by atoms with Gasteiger partial charge in [-0.05, 0) is 5.53 Å². The molecule has 0 aliphatic carbocycles. The normalized spacial score (nSPS) is 24.4. The molecular formula is C12H10N4O5S. The van der Waals surface area contributed by atoms with Crippen molar-refractivity contribution in [1.82, 2.24) is 4.90 Å². The van der Waals surface area contributed by atoms with Gasteiger partial charge >= 0.3 is 11.9 Å². The van der Waals surface area contributed by atoms with Crippen LogP contribution in [0.15, 0.2) is 16.4 Å². The molecule has 0 aromatic heterocycles. The summed E-state index contributed by atoms with van der Waals surface area (Å²) in [6, 6.07) is -0.941. The first-order valence-electron chi connectivity index (χ1n) is 6.01. The molecule has 2 aliphatic heterocycles. The first-order valence-corrected chi connectivity index (χ1v) is 7.05. The number of carboxylic acids is 1. The zero-order chi connectivity index (χ0) is 16.4. The standard InChI is InChI=1S/C12H10N4O5S/c1-3-7(21-5(2)17)6-4-22-11-8(14-15-13)10(18)16(11)9(6)12(19)20/h1,7-8,11H,4H2,2H3,(H,19,20)/t7?,8-,11+/m0/s1. The predicted molar refractivity (Wildman–Crippen MR) is 75.1 cm³/mol. The lowest BCUT2D eigenvalue weighted by Gasteiger charge is -2.48. The number of carboxylic acid groups (broad SMARTS) is 1. The molecule has 0 aromatic rings. The molecule has 1 unspecified atom stereocenters. The quantitative estimate of drug-likeness (QED) is 0.200. The Morgan fingerprint density at radius 3 is 2.86 bits per heavy atom. The van der Waals surface area contributed by atoms with Gasteiger partial charge in [-0.1, -0.05) is 11.0 Å². The highest BCUT2D eigenvalue weighted by Crippen LogP contribution is 2.42. The molecule has 1 fully saturated rings. The van der Waals surface area contributed by atoms with Crippen molar-refractivity contribution in [3.8, 4) is 12.3 Å². The van der Waals surface area contributed by atoms with Gasteiger partial charge in [-0.2, -0.15) is 0 Å². The van der Waals surface area contributed by atoms with E-state index in [1.165, 1.54) is 11.8 Å². The van der Waals surface area contributed by atoms with Gasteiger partial charge in [0.15, 0.2) is 6.10 Å². The Morgan fingerprint density at radius 1 is 1.68 bits per heavy atom. The fraction of sp³-hybridized carbons (Fsp3) is 0.417. The topological polar surface area (TPSA) is 133 Å². The Hall–Kier alpha value is -2.63. The number of terminal acetylenes is 1. The first-order chi connectivity index (χ1) is 10.4. The Kier molecular flexibility index (Phi) is 4.30. The van der Waals surface area contributed by atoms with Gasteiger partial charge < -0.3 is 9.84 Å². The summed E-state index contributed by atoms with van der Waals surface area (Å²) < 4.78 is 4.91. The highest BCUT2D eigenvalue weighted by Gasteiger charge is 2.54. The molecule has 0 radical (unpaired) electrons. The summed E-state index contributed by atoms with van der Waals surface area (Å²) in [5.41, 5.74) is 8.26. The summed E-state index contributed by atoms with van der Waals surface area (Å²) in [6.45, 7) is 1.15. The summed E-state index contributed by atoms with van der Waals surface area (Å²) in [4.78, 5) is 38.1. The number of hydrogen-bond donors (Lipinski definition) is 1. The lowest BCUT2D eigenvalue weighted by molar-refractivity contribution is -0.148. The lowest BCUT2D eigenvalue weighted by atomic mass is 10.0. The number of fused-ring (bicyclic) bond motifs is 1. The molecule has 0 saturated carbocycles. The van der Waals surface area contributed by atoms with Crippen molar-refractivity contribution in [2.24, 2.45) is 5.11 Å². The van der Waals surface area contributed by atoms with Gasteiger partial charge in [0, 0.05) is 23.2 Å². The van der Waals surface area contributed by atoms with Crippen molar-refractivity contribution < 1.29 is 24.2 Å². The van der Waals surface area contributed by atoms with Crippen LogP contribution in [-0.4, -0.2) is 51.1 Å². The number of hydrogen-bond acceptors (Lipinski definition) is 6. The van der Waals surface area contributed by atoms with Crippen LogP contribution < -0.4 is 0 Å². The molecule has 22 heavy (non-hydrogen) atoms. The van der Waals surface area contributed by atoms with E-state index in [0.717, 1.165) is 11.8 Å². The van der Waals surface area contributed by atoms with E-state index in [-0.39, 0.29) is 17.0 Å². The van der Waals surface area contributed by atoms with E-state index in [4.69, 9.17) is 16.7 Å². The third-order valence-electron chi connectivity index (χ3n) is 3.10. The maximum absolute atomic E-state index is 12.0. The summed E-state index contributed by atoms with van der Waals surface area (Å²) in [6.07, 6.45) is 4.12. The second kappa shape index (κ2) is 6.01. The van der Waals surface area contributed by atoms with Crippen molar-refractivity contribution in [2.45, 2.75) is 24.4 Å². The van der Waals surface area contributed by atoms with Gasteiger partial charge in [-0.3, -0.25) is 14.5 Å². The number of aliphatic carboxylic acids is 1. The molecule has 114 valence electrons. The third kappa shape index (κ3) is 2.47. The number of nitrogens with zero attached hydrogens (tertiary/aromatic N) is 4. The van der Waals surface area contributed by atoms with Crippen LogP contribution in [0.25, 0.3) is 10.4 Å². The molecule has 1 saturated heterocycles. The van der Waals surface area contributed by atoms with E-state index in [9.17, 15) is 19.5 Å². The number of carbonyl (C=O) groups excluding carboxylic acids is 2. The highest BCUT2D eigenvalue weighted by molar-refractivity contribution is 8.00. The summed E-state index contributed by atoms with van der Waals surface area (Å²) in [5, 5.41) is 12.1. The van der Waals surface area contributed by atoms with Crippen molar-refractivity contribution >= 4 is 29.6 Å². The molecule has 10 heteroatoms. The molecule has 0 bridgehead atoms. The van der Waals surface area contributed by atoms with Crippen LogP contribution in [0.5, 0.6) is 0 Å². The fourth-order valence-corrected chi connectivity index (χ4v) is 3.57. The third-order valence-corrected chi connectivity index (χ3v) is 4.39. The minimum absolute atomic E-state index is 0.148. The molecule has 2 heterocycles. The van der Waals surface area contributed by atoms with Crippen LogP contribution in [-0.2, 0) is 19.1 Å². The molecule has 2 aliphatic rings.